The van der Waals surface area contributed by atoms with E-state index in [0.29, 0.717) is 6.54 Å². The predicted octanol–water partition coefficient (Wildman–Crippen LogP) is 1.54. The minimum absolute atomic E-state index is 0.584. The molecule has 0 aliphatic heterocycles. The Hall–Kier alpha value is -1.61. The Morgan fingerprint density at radius 1 is 1.15 bits per heavy atom. The van der Waals surface area contributed by atoms with Crippen molar-refractivity contribution in [3.8, 4) is 11.3 Å². The van der Waals surface area contributed by atoms with Gasteiger partial charge in [-0.2, -0.15) is 5.10 Å². The number of nitrogens with two attached hydrogens (primary N) is 1. The SMILES string of the molecule is NCc1ccc(-c2cc[nH]n2)cc1. The molecule has 2 aromatic rings. The fourth-order valence-electron chi connectivity index (χ4n) is 1.23. The summed E-state index contributed by atoms with van der Waals surface area (Å²) in [5, 5.41) is 6.87. The summed E-state index contributed by atoms with van der Waals surface area (Å²) in [4.78, 5) is 0. The maximum absolute atomic E-state index is 5.50. The van der Waals surface area contributed by atoms with Gasteiger partial charge < -0.3 is 5.73 Å². The molecule has 0 amide bonds. The molecule has 2 rings (SSSR count). The number of aromatic nitrogens is 2. The molecule has 0 aliphatic rings. The standard InChI is InChI=1S/C10H11N3/c11-7-8-1-3-9(4-2-8)10-5-6-12-13-10/h1-6H,7,11H2,(H,12,13). The van der Waals surface area contributed by atoms with Crippen LogP contribution in [0.25, 0.3) is 11.3 Å². The van der Waals surface area contributed by atoms with Crippen molar-refractivity contribution < 1.29 is 0 Å². The van der Waals surface area contributed by atoms with Crippen molar-refractivity contribution in [1.29, 1.82) is 0 Å². The highest BCUT2D eigenvalue weighted by Crippen LogP contribution is 2.16. The van der Waals surface area contributed by atoms with Gasteiger partial charge in [0, 0.05) is 18.3 Å². The summed E-state index contributed by atoms with van der Waals surface area (Å²) in [6.45, 7) is 0.584. The zero-order valence-corrected chi connectivity index (χ0v) is 7.20. The molecule has 0 spiro atoms. The van der Waals surface area contributed by atoms with Crippen LogP contribution < -0.4 is 5.73 Å². The third-order valence-corrected chi connectivity index (χ3v) is 1.99. The van der Waals surface area contributed by atoms with Gasteiger partial charge in [0.25, 0.3) is 0 Å². The van der Waals surface area contributed by atoms with Crippen LogP contribution in [0.15, 0.2) is 36.5 Å². The van der Waals surface area contributed by atoms with E-state index in [0.717, 1.165) is 16.8 Å². The molecule has 0 saturated heterocycles. The lowest BCUT2D eigenvalue weighted by atomic mass is 10.1. The maximum atomic E-state index is 5.50. The van der Waals surface area contributed by atoms with E-state index in [-0.39, 0.29) is 0 Å². The first-order chi connectivity index (χ1) is 6.40. The third kappa shape index (κ3) is 1.60. The van der Waals surface area contributed by atoms with Crippen LogP contribution in [0.4, 0.5) is 0 Å². The third-order valence-electron chi connectivity index (χ3n) is 1.99. The molecule has 3 heteroatoms. The van der Waals surface area contributed by atoms with Crippen molar-refractivity contribution >= 4 is 0 Å². The van der Waals surface area contributed by atoms with Crippen molar-refractivity contribution in [2.75, 3.05) is 0 Å². The zero-order chi connectivity index (χ0) is 9.10. The molecule has 0 saturated carbocycles. The van der Waals surface area contributed by atoms with E-state index < -0.39 is 0 Å². The topological polar surface area (TPSA) is 54.7 Å². The number of nitrogens with one attached hydrogen (secondary N) is 1. The highest BCUT2D eigenvalue weighted by atomic mass is 15.1. The van der Waals surface area contributed by atoms with Gasteiger partial charge in [-0.05, 0) is 11.6 Å². The van der Waals surface area contributed by atoms with E-state index in [4.69, 9.17) is 5.73 Å². The van der Waals surface area contributed by atoms with Gasteiger partial charge in [-0.15, -0.1) is 0 Å². The Labute approximate surface area is 76.6 Å². The summed E-state index contributed by atoms with van der Waals surface area (Å²) in [5.74, 6) is 0. The Kier molecular flexibility index (Phi) is 2.10. The summed E-state index contributed by atoms with van der Waals surface area (Å²) in [6, 6.07) is 10.0. The van der Waals surface area contributed by atoms with Crippen LogP contribution >= 0.6 is 0 Å². The molecule has 0 aliphatic carbocycles. The Morgan fingerprint density at radius 3 is 2.46 bits per heavy atom. The number of nitrogens with zero attached hydrogens (tertiary/aromatic N) is 1. The number of hydrogen-bond acceptors (Lipinski definition) is 2. The molecule has 3 nitrogen and oxygen atoms in total. The first-order valence-corrected chi connectivity index (χ1v) is 4.19. The largest absolute Gasteiger partial charge is 0.326 e. The van der Waals surface area contributed by atoms with Crippen molar-refractivity contribution in [2.24, 2.45) is 5.73 Å². The molecule has 66 valence electrons. The van der Waals surface area contributed by atoms with Crippen LogP contribution in [0.3, 0.4) is 0 Å². The van der Waals surface area contributed by atoms with Gasteiger partial charge in [-0.3, -0.25) is 5.10 Å². The molecule has 1 aromatic carbocycles. The second kappa shape index (κ2) is 3.41. The average Bonchev–Trinajstić information content (AvgIpc) is 2.71. The normalized spacial score (nSPS) is 10.2. The molecular weight excluding hydrogens is 162 g/mol. The Morgan fingerprint density at radius 2 is 1.92 bits per heavy atom. The van der Waals surface area contributed by atoms with E-state index in [1.54, 1.807) is 0 Å². The zero-order valence-electron chi connectivity index (χ0n) is 7.20. The molecule has 1 heterocycles. The lowest BCUT2D eigenvalue weighted by molar-refractivity contribution is 1.07. The van der Waals surface area contributed by atoms with Gasteiger partial charge in [-0.25, -0.2) is 0 Å². The monoisotopic (exact) mass is 173 g/mol. The van der Waals surface area contributed by atoms with Gasteiger partial charge in [0.15, 0.2) is 0 Å². The summed E-state index contributed by atoms with van der Waals surface area (Å²) < 4.78 is 0. The lowest BCUT2D eigenvalue weighted by Gasteiger charge is -1.98. The lowest BCUT2D eigenvalue weighted by Crippen LogP contribution is -1.95. The first kappa shape index (κ1) is 8.01. The van der Waals surface area contributed by atoms with E-state index in [1.807, 2.05) is 36.5 Å². The molecule has 3 N–H and O–H groups in total. The number of rotatable bonds is 2. The van der Waals surface area contributed by atoms with Crippen LogP contribution in [0, 0.1) is 0 Å². The van der Waals surface area contributed by atoms with Gasteiger partial charge in [0.05, 0.1) is 5.69 Å². The first-order valence-electron chi connectivity index (χ1n) is 4.19. The minimum Gasteiger partial charge on any atom is -0.326 e. The highest BCUT2D eigenvalue weighted by Gasteiger charge is 1.98. The fourth-order valence-corrected chi connectivity index (χ4v) is 1.23. The van der Waals surface area contributed by atoms with Crippen LogP contribution in [0.2, 0.25) is 0 Å². The predicted molar refractivity (Wildman–Crippen MR) is 51.9 cm³/mol. The van der Waals surface area contributed by atoms with Gasteiger partial charge in [0.1, 0.15) is 0 Å². The van der Waals surface area contributed by atoms with E-state index >= 15 is 0 Å². The van der Waals surface area contributed by atoms with Crippen LogP contribution in [-0.4, -0.2) is 10.2 Å². The summed E-state index contributed by atoms with van der Waals surface area (Å²) >= 11 is 0. The molecular formula is C10H11N3. The average molecular weight is 173 g/mol. The highest BCUT2D eigenvalue weighted by molar-refractivity contribution is 5.58. The molecule has 0 radical (unpaired) electrons. The van der Waals surface area contributed by atoms with E-state index in [2.05, 4.69) is 10.2 Å². The summed E-state index contributed by atoms with van der Waals surface area (Å²) in [6.07, 6.45) is 1.81. The van der Waals surface area contributed by atoms with Gasteiger partial charge in [-0.1, -0.05) is 24.3 Å². The number of benzene rings is 1. The minimum atomic E-state index is 0.584. The second-order valence-corrected chi connectivity index (χ2v) is 2.86. The molecule has 13 heavy (non-hydrogen) atoms. The number of hydrogen-bond donors (Lipinski definition) is 2. The quantitative estimate of drug-likeness (QED) is 0.723. The molecule has 0 bridgehead atoms. The Bertz CT molecular complexity index is 362. The maximum Gasteiger partial charge on any atom is 0.0920 e. The van der Waals surface area contributed by atoms with Crippen LogP contribution in [0.1, 0.15) is 5.56 Å². The Balaban J connectivity index is 2.33. The van der Waals surface area contributed by atoms with Crippen molar-refractivity contribution in [2.45, 2.75) is 6.54 Å². The molecule has 0 unspecified atom stereocenters. The summed E-state index contributed by atoms with van der Waals surface area (Å²) in [5.41, 5.74) is 8.71. The molecule has 0 atom stereocenters. The van der Waals surface area contributed by atoms with Crippen molar-refractivity contribution in [3.05, 3.63) is 42.1 Å². The molecule has 1 aromatic heterocycles. The van der Waals surface area contributed by atoms with Crippen LogP contribution in [0.5, 0.6) is 0 Å². The van der Waals surface area contributed by atoms with E-state index in [9.17, 15) is 0 Å². The smallest absolute Gasteiger partial charge is 0.0920 e. The summed E-state index contributed by atoms with van der Waals surface area (Å²) in [7, 11) is 0. The van der Waals surface area contributed by atoms with Crippen LogP contribution in [-0.2, 0) is 6.54 Å². The number of H-pyrrole nitrogens is 1. The van der Waals surface area contributed by atoms with Gasteiger partial charge >= 0.3 is 0 Å². The number of aromatic amines is 1. The van der Waals surface area contributed by atoms with Crippen molar-refractivity contribution in [3.63, 3.8) is 0 Å². The second-order valence-electron chi connectivity index (χ2n) is 2.86. The molecule has 0 fully saturated rings. The van der Waals surface area contributed by atoms with Crippen molar-refractivity contribution in [1.82, 2.24) is 10.2 Å². The fraction of sp³-hybridized carbons (Fsp3) is 0.100. The van der Waals surface area contributed by atoms with E-state index in [1.165, 1.54) is 0 Å². The van der Waals surface area contributed by atoms with Gasteiger partial charge in [0.2, 0.25) is 0 Å².